The molecule has 0 radical (unpaired) electrons. The molecule has 3 heterocycles. The van der Waals surface area contributed by atoms with E-state index < -0.39 is 54.2 Å². The van der Waals surface area contributed by atoms with E-state index in [1.165, 1.54) is 31.5 Å². The molecule has 0 aromatic carbocycles. The summed E-state index contributed by atoms with van der Waals surface area (Å²) in [7, 11) is 1.54. The number of hydrogen-bond acceptors (Lipinski definition) is 7. The predicted molar refractivity (Wildman–Crippen MR) is 124 cm³/mol. The number of rotatable bonds is 7. The van der Waals surface area contributed by atoms with E-state index in [9.17, 15) is 26.7 Å². The van der Waals surface area contributed by atoms with Gasteiger partial charge in [0.25, 0.3) is 11.8 Å². The number of anilines is 1. The normalized spacial score (nSPS) is 20.1. The second-order valence-electron chi connectivity index (χ2n) is 8.30. The van der Waals surface area contributed by atoms with Crippen LogP contribution in [0.1, 0.15) is 24.6 Å². The second kappa shape index (κ2) is 10.7. The minimum absolute atomic E-state index is 0.0680. The Balaban J connectivity index is 1.84. The Kier molecular flexibility index (Phi) is 8.12. The number of carbonyl (C=O) groups is 1. The highest BCUT2D eigenvalue weighted by molar-refractivity contribution is 6.54. The Morgan fingerprint density at radius 1 is 1.25 bits per heavy atom. The van der Waals surface area contributed by atoms with E-state index in [2.05, 4.69) is 25.6 Å². The van der Waals surface area contributed by atoms with E-state index in [0.29, 0.717) is 17.4 Å². The summed E-state index contributed by atoms with van der Waals surface area (Å²) in [5.41, 5.74) is -1.31. The van der Waals surface area contributed by atoms with Gasteiger partial charge >= 0.3 is 6.18 Å². The topological polar surface area (TPSA) is 107 Å². The highest BCUT2D eigenvalue weighted by Gasteiger charge is 2.47. The van der Waals surface area contributed by atoms with Crippen LogP contribution in [0.5, 0.6) is 0 Å². The van der Waals surface area contributed by atoms with Crippen LogP contribution in [0.2, 0.25) is 5.02 Å². The van der Waals surface area contributed by atoms with E-state index in [0.717, 1.165) is 4.90 Å². The van der Waals surface area contributed by atoms with Crippen molar-refractivity contribution in [3.05, 3.63) is 53.2 Å². The predicted octanol–water partition coefficient (Wildman–Crippen LogP) is 4.11. The molecule has 194 valence electrons. The maximum atomic E-state index is 14.5. The number of carbonyl (C=O) groups excluding carboxylic acids is 1. The van der Waals surface area contributed by atoms with Gasteiger partial charge in [0.2, 0.25) is 5.95 Å². The van der Waals surface area contributed by atoms with Gasteiger partial charge in [-0.1, -0.05) is 18.5 Å². The SMILES string of the molecule is CN/C=C(\C(=N)C(=O)N1CC(F)(F)CC(C)C1CNc1ncc(C(F)(F)F)cn1)c1ccc(Cl)cn1. The molecule has 1 aliphatic heterocycles. The molecular weight excluding hydrogens is 509 g/mol. The van der Waals surface area contributed by atoms with Crippen LogP contribution in [-0.4, -0.2) is 63.6 Å². The van der Waals surface area contributed by atoms with Crippen LogP contribution < -0.4 is 10.6 Å². The molecule has 3 N–H and O–H groups in total. The summed E-state index contributed by atoms with van der Waals surface area (Å²) in [6.45, 7) is 0.480. The van der Waals surface area contributed by atoms with Crippen LogP contribution in [0.4, 0.5) is 27.9 Å². The van der Waals surface area contributed by atoms with Gasteiger partial charge in [0.1, 0.15) is 5.71 Å². The van der Waals surface area contributed by atoms with Crippen molar-refractivity contribution >= 4 is 34.7 Å². The Bertz CT molecular complexity index is 1120. The standard InChI is InChI=1S/C22H23ClF5N7O/c1-12-5-21(24,25)11-35(17(12)10-34-20-32-6-13(7-33-20)22(26,27)28)19(36)18(29)15(9-30-2)16-4-3-14(23)8-31-16/h3-4,6-9,12,17,29-30H,5,10-11H2,1-2H3,(H,32,33,34)/b15-9-,29-18?. The lowest BCUT2D eigenvalue weighted by Gasteiger charge is -2.43. The maximum Gasteiger partial charge on any atom is 0.419 e. The van der Waals surface area contributed by atoms with Gasteiger partial charge in [0.15, 0.2) is 0 Å². The molecule has 14 heteroatoms. The minimum atomic E-state index is -4.61. The molecule has 0 saturated carbocycles. The first kappa shape index (κ1) is 27.2. The second-order valence-corrected chi connectivity index (χ2v) is 8.73. The average Bonchev–Trinajstić information content (AvgIpc) is 2.80. The summed E-state index contributed by atoms with van der Waals surface area (Å²) in [5.74, 6) is -5.02. The fourth-order valence-corrected chi connectivity index (χ4v) is 3.96. The molecular formula is C22H23ClF5N7O. The summed E-state index contributed by atoms with van der Waals surface area (Å²) in [5, 5.41) is 14.2. The Hall–Kier alpha value is -3.35. The van der Waals surface area contributed by atoms with Gasteiger partial charge in [-0.3, -0.25) is 15.2 Å². The molecule has 3 rings (SSSR count). The molecule has 1 saturated heterocycles. The number of hydrogen-bond donors (Lipinski definition) is 3. The van der Waals surface area contributed by atoms with Crippen LogP contribution in [-0.2, 0) is 11.0 Å². The summed E-state index contributed by atoms with van der Waals surface area (Å²) in [4.78, 5) is 25.6. The lowest BCUT2D eigenvalue weighted by Crippen LogP contribution is -2.59. The number of nitrogens with zero attached hydrogens (tertiary/aromatic N) is 4. The Morgan fingerprint density at radius 3 is 2.47 bits per heavy atom. The van der Waals surface area contributed by atoms with Gasteiger partial charge in [-0.05, 0) is 18.1 Å². The summed E-state index contributed by atoms with van der Waals surface area (Å²) in [6.07, 6.45) is -1.25. The van der Waals surface area contributed by atoms with Crippen LogP contribution in [0.25, 0.3) is 5.57 Å². The molecule has 0 bridgehead atoms. The smallest absolute Gasteiger partial charge is 0.393 e. The maximum absolute atomic E-state index is 14.5. The van der Waals surface area contributed by atoms with Crippen molar-refractivity contribution in [3.63, 3.8) is 0 Å². The zero-order valence-electron chi connectivity index (χ0n) is 19.2. The largest absolute Gasteiger partial charge is 0.419 e. The Morgan fingerprint density at radius 2 is 1.92 bits per heavy atom. The monoisotopic (exact) mass is 531 g/mol. The third kappa shape index (κ3) is 6.45. The minimum Gasteiger partial charge on any atom is -0.393 e. The molecule has 1 fully saturated rings. The first-order chi connectivity index (χ1) is 16.8. The number of nitrogens with one attached hydrogen (secondary N) is 3. The van der Waals surface area contributed by atoms with Crippen molar-refractivity contribution < 1.29 is 26.7 Å². The van der Waals surface area contributed by atoms with Crippen LogP contribution in [0.15, 0.2) is 36.9 Å². The third-order valence-electron chi connectivity index (χ3n) is 5.56. The van der Waals surface area contributed by atoms with E-state index in [-0.39, 0.29) is 23.8 Å². The quantitative estimate of drug-likeness (QED) is 0.367. The van der Waals surface area contributed by atoms with Gasteiger partial charge in [0.05, 0.1) is 28.9 Å². The van der Waals surface area contributed by atoms with E-state index >= 15 is 0 Å². The molecule has 36 heavy (non-hydrogen) atoms. The molecule has 2 unspecified atom stereocenters. The number of amides is 1. The number of likely N-dealkylation sites (tertiary alicyclic amines) is 1. The van der Waals surface area contributed by atoms with Crippen molar-refractivity contribution in [3.8, 4) is 0 Å². The van der Waals surface area contributed by atoms with Gasteiger partial charge in [-0.25, -0.2) is 18.7 Å². The fourth-order valence-electron chi connectivity index (χ4n) is 3.85. The average molecular weight is 532 g/mol. The van der Waals surface area contributed by atoms with Gasteiger partial charge in [0, 0.05) is 50.4 Å². The van der Waals surface area contributed by atoms with E-state index in [1.54, 1.807) is 7.05 Å². The van der Waals surface area contributed by atoms with Gasteiger partial charge < -0.3 is 15.5 Å². The molecule has 1 aliphatic rings. The van der Waals surface area contributed by atoms with E-state index in [4.69, 9.17) is 17.0 Å². The number of aromatic nitrogens is 3. The first-order valence-electron chi connectivity index (χ1n) is 10.7. The molecule has 2 aromatic heterocycles. The fraction of sp³-hybridized carbons (Fsp3) is 0.409. The van der Waals surface area contributed by atoms with Crippen molar-refractivity contribution in [2.75, 3.05) is 25.5 Å². The zero-order valence-corrected chi connectivity index (χ0v) is 20.0. The molecule has 0 aliphatic carbocycles. The summed E-state index contributed by atoms with van der Waals surface area (Å²) >= 11 is 5.86. The highest BCUT2D eigenvalue weighted by atomic mass is 35.5. The first-order valence-corrected chi connectivity index (χ1v) is 11.1. The number of pyridine rings is 1. The molecule has 1 amide bonds. The number of piperidine rings is 1. The number of halogens is 6. The summed E-state index contributed by atoms with van der Waals surface area (Å²) in [6, 6.07) is 2.18. The number of alkyl halides is 5. The van der Waals surface area contributed by atoms with Crippen molar-refractivity contribution in [1.82, 2.24) is 25.2 Å². The molecule has 8 nitrogen and oxygen atoms in total. The highest BCUT2D eigenvalue weighted by Crippen LogP contribution is 2.35. The van der Waals surface area contributed by atoms with Crippen molar-refractivity contribution in [2.24, 2.45) is 5.92 Å². The third-order valence-corrected chi connectivity index (χ3v) is 5.79. The lowest BCUT2D eigenvalue weighted by atomic mass is 9.87. The zero-order chi connectivity index (χ0) is 26.7. The van der Waals surface area contributed by atoms with E-state index in [1.807, 2.05) is 0 Å². The van der Waals surface area contributed by atoms with Crippen LogP contribution >= 0.6 is 11.6 Å². The molecule has 2 aromatic rings. The van der Waals surface area contributed by atoms with Crippen LogP contribution in [0.3, 0.4) is 0 Å². The molecule has 0 spiro atoms. The Labute approximate surface area is 208 Å². The molecule has 2 atom stereocenters. The van der Waals surface area contributed by atoms with Gasteiger partial charge in [-0.15, -0.1) is 0 Å². The van der Waals surface area contributed by atoms with Crippen LogP contribution in [0, 0.1) is 11.3 Å². The van der Waals surface area contributed by atoms with Crippen molar-refractivity contribution in [1.29, 1.82) is 5.41 Å². The van der Waals surface area contributed by atoms with Gasteiger partial charge in [-0.2, -0.15) is 13.2 Å². The van der Waals surface area contributed by atoms with Crippen molar-refractivity contribution in [2.45, 2.75) is 31.5 Å². The lowest BCUT2D eigenvalue weighted by molar-refractivity contribution is -0.145. The summed E-state index contributed by atoms with van der Waals surface area (Å²) < 4.78 is 67.2.